The number of carbonyl (C=O) groups excluding carboxylic acids is 1. The second-order valence-electron chi connectivity index (χ2n) is 9.10. The number of ether oxygens (including phenoxy) is 4. The van der Waals surface area contributed by atoms with E-state index in [-0.39, 0.29) is 11.7 Å². The van der Waals surface area contributed by atoms with E-state index >= 15 is 0 Å². The smallest absolute Gasteiger partial charge is 0.246 e. The van der Waals surface area contributed by atoms with E-state index in [0.717, 1.165) is 0 Å². The van der Waals surface area contributed by atoms with Gasteiger partial charge in [-0.1, -0.05) is 18.7 Å². The van der Waals surface area contributed by atoms with Gasteiger partial charge < -0.3 is 60.0 Å². The Kier molecular flexibility index (Phi) is 10.4. The topological polar surface area (TPSA) is 208 Å². The summed E-state index contributed by atoms with van der Waals surface area (Å²) in [6.45, 7) is 4.05. The van der Waals surface area contributed by atoms with Crippen LogP contribution in [0.25, 0.3) is 0 Å². The molecule has 0 radical (unpaired) electrons. The molecule has 2 aliphatic heterocycles. The van der Waals surface area contributed by atoms with Crippen LogP contribution in [0.15, 0.2) is 48.3 Å². The van der Waals surface area contributed by atoms with Gasteiger partial charge in [-0.3, -0.25) is 4.79 Å². The van der Waals surface area contributed by atoms with Crippen LogP contribution in [0.2, 0.25) is 0 Å². The Labute approximate surface area is 219 Å². The summed E-state index contributed by atoms with van der Waals surface area (Å²) in [5.41, 5.74) is 0.826. The Morgan fingerprint density at radius 2 is 1.55 bits per heavy atom. The first-order valence-electron chi connectivity index (χ1n) is 12.0. The molecule has 3 rings (SSSR count). The highest BCUT2D eigenvalue weighted by atomic mass is 16.7. The molecule has 10 atom stereocenters. The molecule has 2 saturated heterocycles. The van der Waals surface area contributed by atoms with Gasteiger partial charge in [0, 0.05) is 12.6 Å². The number of rotatable bonds is 9. The quantitative estimate of drug-likeness (QED) is 0.0936. The maximum Gasteiger partial charge on any atom is 0.246 e. The molecule has 1 amide bonds. The lowest BCUT2D eigenvalue weighted by Crippen LogP contribution is -2.63. The zero-order valence-electron chi connectivity index (χ0n) is 21.0. The summed E-state index contributed by atoms with van der Waals surface area (Å²) in [6.07, 6.45) is -13.3. The van der Waals surface area contributed by atoms with Crippen LogP contribution < -0.4 is 10.1 Å². The standard InChI is InChI=1S/C25H35NO12/c1-11(24(34)26-3)8-12(2)35-14-6-4-13(5-7-14)22-21(33)23(18(30)16(10-28)36-22)38-25-20(32)19(31)17(29)15(9-27)37-25/h4-8,15-23,25,27-33H,2,9-10H2,1,3H3,(H,26,34)/b11-8+/t15-,16-,17-,18-,19+,20+,21-,22-,23+,25-/m1/s1. The first-order valence-corrected chi connectivity index (χ1v) is 12.0. The minimum absolute atomic E-state index is 0.212. The molecule has 2 aliphatic rings. The van der Waals surface area contributed by atoms with Gasteiger partial charge in [0.15, 0.2) is 6.29 Å². The van der Waals surface area contributed by atoms with E-state index in [1.54, 1.807) is 31.2 Å². The van der Waals surface area contributed by atoms with Gasteiger partial charge >= 0.3 is 0 Å². The normalized spacial score (nSPS) is 36.0. The first-order chi connectivity index (χ1) is 18.0. The van der Waals surface area contributed by atoms with E-state index in [0.29, 0.717) is 16.9 Å². The Bertz CT molecular complexity index is 983. The number of nitrogens with one attached hydrogen (secondary N) is 1. The fraction of sp³-hybridized carbons (Fsp3) is 0.560. The molecule has 13 nitrogen and oxygen atoms in total. The van der Waals surface area contributed by atoms with Crippen molar-refractivity contribution in [3.63, 3.8) is 0 Å². The zero-order valence-corrected chi connectivity index (χ0v) is 21.0. The summed E-state index contributed by atoms with van der Waals surface area (Å²) < 4.78 is 22.3. The molecule has 2 fully saturated rings. The molecule has 0 unspecified atom stereocenters. The number of carbonyl (C=O) groups is 1. The molecule has 1 aromatic rings. The molecule has 0 aromatic heterocycles. The van der Waals surface area contributed by atoms with E-state index < -0.39 is 74.4 Å². The molecular weight excluding hydrogens is 506 g/mol. The van der Waals surface area contributed by atoms with Crippen molar-refractivity contribution >= 4 is 5.91 Å². The highest BCUT2D eigenvalue weighted by Gasteiger charge is 2.50. The third-order valence-electron chi connectivity index (χ3n) is 6.43. The number of hydrogen-bond acceptors (Lipinski definition) is 12. The van der Waals surface area contributed by atoms with Crippen molar-refractivity contribution in [2.45, 2.75) is 68.1 Å². The number of aliphatic hydroxyl groups is 7. The van der Waals surface area contributed by atoms with Gasteiger partial charge in [0.1, 0.15) is 66.4 Å². The summed E-state index contributed by atoms with van der Waals surface area (Å²) in [6, 6.07) is 6.27. The lowest BCUT2D eigenvalue weighted by atomic mass is 9.90. The molecular formula is C25H35NO12. The van der Waals surface area contributed by atoms with Crippen molar-refractivity contribution in [1.82, 2.24) is 5.32 Å². The first kappa shape index (κ1) is 30.1. The number of aliphatic hydroxyl groups excluding tert-OH is 7. The van der Waals surface area contributed by atoms with E-state index in [1.165, 1.54) is 13.1 Å². The predicted octanol–water partition coefficient (Wildman–Crippen LogP) is -2.39. The fourth-order valence-corrected chi connectivity index (χ4v) is 4.27. The number of hydrogen-bond donors (Lipinski definition) is 8. The SMILES string of the molecule is C=C(/C=C(\C)C(=O)NC)Oc1ccc([C@H]2O[C@H](CO)[C@@H](O)[C@H](O[C@H]3O[C@H](CO)[C@@H](O)[C@H](O)[C@@H]3O)[C@@H]2O)cc1. The Balaban J connectivity index is 1.76. The summed E-state index contributed by atoms with van der Waals surface area (Å²) in [7, 11) is 1.50. The molecule has 212 valence electrons. The summed E-state index contributed by atoms with van der Waals surface area (Å²) in [5.74, 6) is 0.303. The molecule has 8 N–H and O–H groups in total. The van der Waals surface area contributed by atoms with Gasteiger partial charge in [-0.2, -0.15) is 0 Å². The number of amides is 1. The van der Waals surface area contributed by atoms with Crippen LogP contribution >= 0.6 is 0 Å². The van der Waals surface area contributed by atoms with Crippen molar-refractivity contribution in [1.29, 1.82) is 0 Å². The summed E-state index contributed by atoms with van der Waals surface area (Å²) in [5, 5.41) is 73.6. The molecule has 1 aromatic carbocycles. The van der Waals surface area contributed by atoms with E-state index in [1.807, 2.05) is 0 Å². The third kappa shape index (κ3) is 6.58. The highest BCUT2D eigenvalue weighted by Crippen LogP contribution is 2.36. The van der Waals surface area contributed by atoms with Crippen molar-refractivity contribution < 1.29 is 59.5 Å². The molecule has 13 heteroatoms. The lowest BCUT2D eigenvalue weighted by molar-refractivity contribution is -0.342. The van der Waals surface area contributed by atoms with Crippen molar-refractivity contribution in [3.8, 4) is 5.75 Å². The van der Waals surface area contributed by atoms with E-state index in [4.69, 9.17) is 18.9 Å². The van der Waals surface area contributed by atoms with E-state index in [9.17, 15) is 40.5 Å². The van der Waals surface area contributed by atoms with Crippen LogP contribution in [0.1, 0.15) is 18.6 Å². The van der Waals surface area contributed by atoms with Crippen LogP contribution in [-0.4, -0.2) is 117 Å². The van der Waals surface area contributed by atoms with Crippen LogP contribution in [0.3, 0.4) is 0 Å². The van der Waals surface area contributed by atoms with Crippen LogP contribution in [0, 0.1) is 0 Å². The minimum Gasteiger partial charge on any atom is -0.458 e. The molecule has 38 heavy (non-hydrogen) atoms. The summed E-state index contributed by atoms with van der Waals surface area (Å²) >= 11 is 0. The van der Waals surface area contributed by atoms with Gasteiger partial charge in [0.2, 0.25) is 5.91 Å². The number of allylic oxidation sites excluding steroid dienone is 1. The minimum atomic E-state index is -1.76. The second kappa shape index (κ2) is 13.1. The van der Waals surface area contributed by atoms with Gasteiger partial charge in [0.05, 0.1) is 13.2 Å². The van der Waals surface area contributed by atoms with Gasteiger partial charge in [0.25, 0.3) is 0 Å². The highest BCUT2D eigenvalue weighted by molar-refractivity contribution is 5.92. The van der Waals surface area contributed by atoms with Gasteiger partial charge in [-0.15, -0.1) is 0 Å². The molecule has 0 aliphatic carbocycles. The molecule has 2 heterocycles. The predicted molar refractivity (Wildman–Crippen MR) is 129 cm³/mol. The molecule has 0 bridgehead atoms. The largest absolute Gasteiger partial charge is 0.458 e. The fourth-order valence-electron chi connectivity index (χ4n) is 4.27. The second-order valence-corrected chi connectivity index (χ2v) is 9.10. The Morgan fingerprint density at radius 3 is 2.13 bits per heavy atom. The number of benzene rings is 1. The Morgan fingerprint density at radius 1 is 0.947 bits per heavy atom. The zero-order chi connectivity index (χ0) is 28.1. The summed E-state index contributed by atoms with van der Waals surface area (Å²) in [4.78, 5) is 11.6. The monoisotopic (exact) mass is 541 g/mol. The van der Waals surface area contributed by atoms with Crippen molar-refractivity contribution in [2.24, 2.45) is 0 Å². The third-order valence-corrected chi connectivity index (χ3v) is 6.43. The maximum atomic E-state index is 11.6. The van der Waals surface area contributed by atoms with Gasteiger partial charge in [-0.05, 0) is 30.7 Å². The van der Waals surface area contributed by atoms with Crippen LogP contribution in [0.4, 0.5) is 0 Å². The van der Waals surface area contributed by atoms with Crippen molar-refractivity contribution in [2.75, 3.05) is 20.3 Å². The van der Waals surface area contributed by atoms with E-state index in [2.05, 4.69) is 11.9 Å². The van der Waals surface area contributed by atoms with Crippen LogP contribution in [-0.2, 0) is 19.0 Å². The lowest BCUT2D eigenvalue weighted by Gasteiger charge is -2.46. The number of likely N-dealkylation sites (N-methyl/N-ethyl adjacent to an activating group) is 1. The molecule has 0 spiro atoms. The molecule has 0 saturated carbocycles. The average Bonchev–Trinajstić information content (AvgIpc) is 2.91. The van der Waals surface area contributed by atoms with Crippen LogP contribution in [0.5, 0.6) is 5.75 Å². The van der Waals surface area contributed by atoms with Crippen molar-refractivity contribution in [3.05, 3.63) is 53.8 Å². The Hall–Kier alpha value is -2.43. The van der Waals surface area contributed by atoms with Gasteiger partial charge in [-0.25, -0.2) is 0 Å². The maximum absolute atomic E-state index is 11.6. The average molecular weight is 542 g/mol.